The third-order valence-electron chi connectivity index (χ3n) is 16.2. The van der Waals surface area contributed by atoms with Crippen LogP contribution in [0.5, 0.6) is 0 Å². The highest BCUT2D eigenvalue weighted by Crippen LogP contribution is 2.65. The molecule has 0 amide bonds. The molecule has 1 heteroatoms. The summed E-state index contributed by atoms with van der Waals surface area (Å²) in [5.41, 5.74) is 21.1. The molecule has 1 nitrogen and oxygen atoms in total. The van der Waals surface area contributed by atoms with Gasteiger partial charge in [-0.1, -0.05) is 214 Å². The lowest BCUT2D eigenvalue weighted by Crippen LogP contribution is -2.26. The Morgan fingerprint density at radius 3 is 1.39 bits per heavy atom. The molecule has 0 N–H and O–H groups in total. The fourth-order valence-corrected chi connectivity index (χ4v) is 13.3. The summed E-state index contributed by atoms with van der Waals surface area (Å²) in [6, 6.07) is 89.7. The third-order valence-corrected chi connectivity index (χ3v) is 16.2. The molecular formula is C68H45N. The van der Waals surface area contributed by atoms with Crippen LogP contribution < -0.4 is 4.90 Å². The zero-order valence-electron chi connectivity index (χ0n) is 38.5. The maximum absolute atomic E-state index is 2.60. The first kappa shape index (κ1) is 38.6. The molecule has 0 fully saturated rings. The Hall–Kier alpha value is -8.52. The van der Waals surface area contributed by atoms with Gasteiger partial charge in [-0.15, -0.1) is 0 Å². The van der Waals surface area contributed by atoms with Crippen molar-refractivity contribution in [3.8, 4) is 44.5 Å². The Morgan fingerprint density at radius 2 is 0.739 bits per heavy atom. The summed E-state index contributed by atoms with van der Waals surface area (Å²) in [6.07, 6.45) is 0. The van der Waals surface area contributed by atoms with E-state index in [4.69, 9.17) is 0 Å². The van der Waals surface area contributed by atoms with Crippen LogP contribution in [-0.4, -0.2) is 0 Å². The van der Waals surface area contributed by atoms with Gasteiger partial charge in [0.25, 0.3) is 0 Å². The summed E-state index contributed by atoms with van der Waals surface area (Å²) < 4.78 is 0. The predicted octanol–water partition coefficient (Wildman–Crippen LogP) is 18.1. The van der Waals surface area contributed by atoms with E-state index in [9.17, 15) is 0 Å². The molecule has 0 bridgehead atoms. The highest BCUT2D eigenvalue weighted by atomic mass is 15.1. The van der Waals surface area contributed by atoms with E-state index in [2.05, 4.69) is 255 Å². The van der Waals surface area contributed by atoms with Gasteiger partial charge in [0.05, 0.1) is 11.1 Å². The highest BCUT2D eigenvalue weighted by molar-refractivity contribution is 6.26. The molecule has 69 heavy (non-hydrogen) atoms. The van der Waals surface area contributed by atoms with Gasteiger partial charge in [0.1, 0.15) is 0 Å². The second-order valence-corrected chi connectivity index (χ2v) is 19.9. The Morgan fingerprint density at radius 1 is 0.275 bits per heavy atom. The highest BCUT2D eigenvalue weighted by Gasteiger charge is 2.52. The van der Waals surface area contributed by atoms with Crippen molar-refractivity contribution in [3.05, 3.63) is 270 Å². The van der Waals surface area contributed by atoms with Crippen LogP contribution in [0.3, 0.4) is 0 Å². The van der Waals surface area contributed by atoms with Crippen molar-refractivity contribution < 1.29 is 0 Å². The number of rotatable bonds is 4. The Balaban J connectivity index is 1.11. The van der Waals surface area contributed by atoms with Crippen LogP contribution in [0, 0.1) is 0 Å². The lowest BCUT2D eigenvalue weighted by Gasteiger charge is -2.34. The van der Waals surface area contributed by atoms with E-state index in [0.29, 0.717) is 0 Å². The van der Waals surface area contributed by atoms with Crippen molar-refractivity contribution in [1.82, 2.24) is 0 Å². The average Bonchev–Trinajstić information content (AvgIpc) is 3.96. The zero-order valence-corrected chi connectivity index (χ0v) is 38.5. The van der Waals surface area contributed by atoms with Gasteiger partial charge in [-0.05, 0) is 152 Å². The summed E-state index contributed by atoms with van der Waals surface area (Å²) in [5, 5.41) is 10.0. The summed E-state index contributed by atoms with van der Waals surface area (Å²) in [5.74, 6) is 0. The Bertz CT molecular complexity index is 4110. The minimum atomic E-state index is -0.521. The smallest absolute Gasteiger partial charge is 0.0726 e. The predicted molar refractivity (Wildman–Crippen MR) is 290 cm³/mol. The third kappa shape index (κ3) is 5.09. The molecule has 0 aromatic heterocycles. The SMILES string of the molecule is CC1(C)c2ccccc2-c2c(-c3cc4c(cc3N(c3ccc5ccccc5c3)c3ccc5c6ccccc6c6ccccc6c5c3)C3(c5ccccc5-c5ccccc53)c3ccccc3-4)cccc21. The number of nitrogens with zero attached hydrogens (tertiary/aromatic N) is 1. The summed E-state index contributed by atoms with van der Waals surface area (Å²) in [7, 11) is 0. The molecule has 0 aliphatic heterocycles. The molecule has 0 saturated heterocycles. The number of fused-ring (bicyclic) bond motifs is 20. The van der Waals surface area contributed by atoms with Gasteiger partial charge >= 0.3 is 0 Å². The van der Waals surface area contributed by atoms with Crippen LogP contribution in [0.1, 0.15) is 47.2 Å². The van der Waals surface area contributed by atoms with Gasteiger partial charge in [0.2, 0.25) is 0 Å². The molecule has 0 heterocycles. The average molecular weight is 876 g/mol. The molecule has 3 aliphatic rings. The molecule has 0 unspecified atom stereocenters. The van der Waals surface area contributed by atoms with Crippen LogP contribution >= 0.6 is 0 Å². The van der Waals surface area contributed by atoms with Crippen molar-refractivity contribution in [2.24, 2.45) is 0 Å². The molecular weight excluding hydrogens is 831 g/mol. The fraction of sp³-hybridized carbons (Fsp3) is 0.0588. The van der Waals surface area contributed by atoms with E-state index in [-0.39, 0.29) is 5.41 Å². The number of anilines is 3. The first-order chi connectivity index (χ1) is 34.0. The molecule has 12 aromatic rings. The summed E-state index contributed by atoms with van der Waals surface area (Å²) >= 11 is 0. The van der Waals surface area contributed by atoms with Gasteiger partial charge < -0.3 is 4.90 Å². The second-order valence-electron chi connectivity index (χ2n) is 19.9. The molecule has 3 aliphatic carbocycles. The normalized spacial score (nSPS) is 14.2. The van der Waals surface area contributed by atoms with E-state index in [1.54, 1.807) is 0 Å². The Labute approximate surface area is 402 Å². The van der Waals surface area contributed by atoms with Gasteiger partial charge in [0.15, 0.2) is 0 Å². The van der Waals surface area contributed by atoms with Gasteiger partial charge in [-0.2, -0.15) is 0 Å². The molecule has 0 radical (unpaired) electrons. The van der Waals surface area contributed by atoms with Crippen molar-refractivity contribution in [1.29, 1.82) is 0 Å². The van der Waals surface area contributed by atoms with Gasteiger partial charge in [-0.25, -0.2) is 0 Å². The van der Waals surface area contributed by atoms with E-state index < -0.39 is 5.41 Å². The van der Waals surface area contributed by atoms with Crippen LogP contribution in [-0.2, 0) is 10.8 Å². The van der Waals surface area contributed by atoms with Crippen molar-refractivity contribution >= 4 is 60.2 Å². The topological polar surface area (TPSA) is 3.24 Å². The van der Waals surface area contributed by atoms with Crippen molar-refractivity contribution in [2.75, 3.05) is 4.90 Å². The lowest BCUT2D eigenvalue weighted by molar-refractivity contribution is 0.660. The monoisotopic (exact) mass is 875 g/mol. The van der Waals surface area contributed by atoms with E-state index >= 15 is 0 Å². The zero-order chi connectivity index (χ0) is 45.6. The first-order valence-corrected chi connectivity index (χ1v) is 24.3. The lowest BCUT2D eigenvalue weighted by atomic mass is 9.70. The molecule has 15 rings (SSSR count). The first-order valence-electron chi connectivity index (χ1n) is 24.3. The fourth-order valence-electron chi connectivity index (χ4n) is 13.3. The van der Waals surface area contributed by atoms with Crippen molar-refractivity contribution in [2.45, 2.75) is 24.7 Å². The van der Waals surface area contributed by atoms with Crippen LogP contribution in [0.4, 0.5) is 17.1 Å². The summed E-state index contributed by atoms with van der Waals surface area (Å²) in [4.78, 5) is 2.58. The van der Waals surface area contributed by atoms with E-state index in [1.165, 1.54) is 121 Å². The number of hydrogen-bond acceptors (Lipinski definition) is 1. The molecule has 12 aromatic carbocycles. The van der Waals surface area contributed by atoms with Crippen LogP contribution in [0.15, 0.2) is 237 Å². The van der Waals surface area contributed by atoms with Crippen LogP contribution in [0.2, 0.25) is 0 Å². The van der Waals surface area contributed by atoms with E-state index in [1.807, 2.05) is 0 Å². The van der Waals surface area contributed by atoms with E-state index in [0.717, 1.165) is 17.1 Å². The summed E-state index contributed by atoms with van der Waals surface area (Å²) in [6.45, 7) is 4.79. The maximum Gasteiger partial charge on any atom is 0.0726 e. The molecule has 1 spiro atoms. The minimum Gasteiger partial charge on any atom is -0.310 e. The Kier molecular flexibility index (Phi) is 7.83. The maximum atomic E-state index is 2.60. The van der Waals surface area contributed by atoms with Gasteiger partial charge in [0, 0.05) is 22.4 Å². The largest absolute Gasteiger partial charge is 0.310 e. The molecule has 0 saturated carbocycles. The molecule has 0 atom stereocenters. The number of hydrogen-bond donors (Lipinski definition) is 0. The minimum absolute atomic E-state index is 0.160. The quantitative estimate of drug-likeness (QED) is 0.159. The number of benzene rings is 12. The standard InChI is InChI=1S/C68H45N/c1-67(2)59-29-13-12-27-55(59)66-54(28-17-33-63(66)67)58-40-57-53-26-11-16-32-62(53)68(60-30-14-9-24-51(60)52-25-10-15-31-61(52)68)64(57)41-65(58)69(44-35-34-42-18-3-4-19-43(42)38-44)45-36-37-50-48-22-6-5-20-46(48)47-21-7-8-23-49(47)56(50)39-45/h3-41H,1-2H3. The molecule has 322 valence electrons. The van der Waals surface area contributed by atoms with Crippen molar-refractivity contribution in [3.63, 3.8) is 0 Å². The van der Waals surface area contributed by atoms with Crippen LogP contribution in [0.25, 0.3) is 87.6 Å². The van der Waals surface area contributed by atoms with Gasteiger partial charge in [-0.3, -0.25) is 0 Å². The second kappa shape index (κ2) is 14.0.